The normalized spacial score (nSPS) is 16.0. The number of aromatic nitrogens is 1. The number of aromatic amines is 1. The van der Waals surface area contributed by atoms with Gasteiger partial charge in [-0.15, -0.1) is 0 Å². The number of carbonyl (C=O) groups is 1. The highest BCUT2D eigenvalue weighted by Gasteiger charge is 2.17. The number of pyridine rings is 1. The summed E-state index contributed by atoms with van der Waals surface area (Å²) in [6, 6.07) is 3.20. The van der Waals surface area contributed by atoms with Gasteiger partial charge in [-0.25, -0.2) is 4.79 Å². The van der Waals surface area contributed by atoms with Crippen LogP contribution in [0.25, 0.3) is 0 Å². The van der Waals surface area contributed by atoms with Crippen LogP contribution in [0.2, 0.25) is 0 Å². The van der Waals surface area contributed by atoms with Crippen LogP contribution < -0.4 is 16.2 Å². The van der Waals surface area contributed by atoms with Gasteiger partial charge in [-0.05, 0) is 25.0 Å². The lowest BCUT2D eigenvalue weighted by molar-refractivity contribution is 0.248. The minimum Gasteiger partial charge on any atom is -0.335 e. The Morgan fingerprint density at radius 1 is 1.38 bits per heavy atom. The fourth-order valence-electron chi connectivity index (χ4n) is 1.93. The second-order valence-corrected chi connectivity index (χ2v) is 3.99. The van der Waals surface area contributed by atoms with Gasteiger partial charge in [0.15, 0.2) is 0 Å². The Bertz CT molecular complexity index is 421. The highest BCUT2D eigenvalue weighted by atomic mass is 16.2. The molecule has 1 aliphatic carbocycles. The number of urea groups is 1. The molecule has 86 valence electrons. The van der Waals surface area contributed by atoms with Crippen LogP contribution in [0.3, 0.4) is 0 Å². The number of hydrogen-bond acceptors (Lipinski definition) is 2. The Morgan fingerprint density at radius 2 is 2.12 bits per heavy atom. The molecule has 1 aromatic rings. The summed E-state index contributed by atoms with van der Waals surface area (Å²) in [5.41, 5.74) is -0.0120. The molecule has 0 radical (unpaired) electrons. The zero-order chi connectivity index (χ0) is 11.4. The van der Waals surface area contributed by atoms with E-state index in [1.165, 1.54) is 6.20 Å². The molecular weight excluding hydrogens is 206 g/mol. The Kier molecular flexibility index (Phi) is 3.24. The van der Waals surface area contributed by atoms with Crippen molar-refractivity contribution in [3.63, 3.8) is 0 Å². The van der Waals surface area contributed by atoms with E-state index < -0.39 is 0 Å². The van der Waals surface area contributed by atoms with Gasteiger partial charge in [0.2, 0.25) is 0 Å². The Morgan fingerprint density at radius 3 is 2.81 bits per heavy atom. The molecule has 0 aliphatic heterocycles. The minimum absolute atomic E-state index is 0.253. The van der Waals surface area contributed by atoms with Crippen molar-refractivity contribution in [1.29, 1.82) is 0 Å². The molecule has 0 spiro atoms. The smallest absolute Gasteiger partial charge is 0.319 e. The van der Waals surface area contributed by atoms with Crippen LogP contribution in [0.1, 0.15) is 25.7 Å². The SMILES string of the molecule is O=C(Nc1ccc[nH]c1=O)NC1CCCC1. The lowest BCUT2D eigenvalue weighted by Gasteiger charge is -2.12. The minimum atomic E-state index is -0.302. The van der Waals surface area contributed by atoms with E-state index >= 15 is 0 Å². The fourth-order valence-corrected chi connectivity index (χ4v) is 1.93. The molecule has 1 heterocycles. The van der Waals surface area contributed by atoms with Gasteiger partial charge < -0.3 is 15.6 Å². The van der Waals surface area contributed by atoms with Crippen LogP contribution in [-0.2, 0) is 0 Å². The topological polar surface area (TPSA) is 74.0 Å². The third-order valence-corrected chi connectivity index (χ3v) is 2.76. The molecule has 0 atom stereocenters. The maximum atomic E-state index is 11.5. The zero-order valence-corrected chi connectivity index (χ0v) is 8.95. The largest absolute Gasteiger partial charge is 0.335 e. The van der Waals surface area contributed by atoms with Gasteiger partial charge in [0, 0.05) is 12.2 Å². The lowest BCUT2D eigenvalue weighted by Crippen LogP contribution is -2.37. The number of nitrogens with one attached hydrogen (secondary N) is 3. The number of H-pyrrole nitrogens is 1. The molecule has 5 nitrogen and oxygen atoms in total. The van der Waals surface area contributed by atoms with E-state index in [4.69, 9.17) is 0 Å². The molecule has 1 fully saturated rings. The molecule has 0 unspecified atom stereocenters. The molecule has 1 aromatic heterocycles. The summed E-state index contributed by atoms with van der Waals surface area (Å²) in [4.78, 5) is 25.3. The van der Waals surface area contributed by atoms with E-state index in [0.29, 0.717) is 0 Å². The third-order valence-electron chi connectivity index (χ3n) is 2.76. The molecule has 3 N–H and O–H groups in total. The Balaban J connectivity index is 1.92. The van der Waals surface area contributed by atoms with Crippen molar-refractivity contribution < 1.29 is 4.79 Å². The first-order chi connectivity index (χ1) is 7.75. The summed E-state index contributed by atoms with van der Waals surface area (Å²) in [6.07, 6.45) is 5.91. The van der Waals surface area contributed by atoms with E-state index in [1.54, 1.807) is 12.1 Å². The van der Waals surface area contributed by atoms with Crippen LogP contribution in [0.5, 0.6) is 0 Å². The summed E-state index contributed by atoms with van der Waals surface area (Å²) in [7, 11) is 0. The van der Waals surface area contributed by atoms with Crippen molar-refractivity contribution in [3.8, 4) is 0 Å². The standard InChI is InChI=1S/C11H15N3O2/c15-10-9(6-3-7-12-10)14-11(16)13-8-4-1-2-5-8/h3,6-8H,1-2,4-5H2,(H,12,15)(H2,13,14,16). The zero-order valence-electron chi connectivity index (χ0n) is 8.95. The Labute approximate surface area is 93.3 Å². The number of rotatable bonds is 2. The van der Waals surface area contributed by atoms with Crippen molar-refractivity contribution in [1.82, 2.24) is 10.3 Å². The van der Waals surface area contributed by atoms with Gasteiger partial charge in [-0.1, -0.05) is 12.8 Å². The van der Waals surface area contributed by atoms with Gasteiger partial charge in [0.1, 0.15) is 5.69 Å². The highest BCUT2D eigenvalue weighted by molar-refractivity contribution is 5.89. The summed E-state index contributed by atoms with van der Waals surface area (Å²) in [5.74, 6) is 0. The molecule has 2 amide bonds. The van der Waals surface area contributed by atoms with E-state index in [9.17, 15) is 9.59 Å². The number of amides is 2. The molecule has 0 aromatic carbocycles. The van der Waals surface area contributed by atoms with Crippen molar-refractivity contribution in [3.05, 3.63) is 28.7 Å². The number of hydrogen-bond donors (Lipinski definition) is 3. The summed E-state index contributed by atoms with van der Waals surface area (Å²) in [6.45, 7) is 0. The first kappa shape index (κ1) is 10.7. The molecule has 16 heavy (non-hydrogen) atoms. The van der Waals surface area contributed by atoms with Crippen molar-refractivity contribution in [2.75, 3.05) is 5.32 Å². The lowest BCUT2D eigenvalue weighted by atomic mass is 10.2. The maximum absolute atomic E-state index is 11.5. The van der Waals surface area contributed by atoms with E-state index in [2.05, 4.69) is 15.6 Å². The molecule has 2 rings (SSSR count). The quantitative estimate of drug-likeness (QED) is 0.707. The van der Waals surface area contributed by atoms with Crippen LogP contribution in [0, 0.1) is 0 Å². The second-order valence-electron chi connectivity index (χ2n) is 3.99. The molecule has 1 aliphatic rings. The van der Waals surface area contributed by atoms with Gasteiger partial charge >= 0.3 is 6.03 Å². The third kappa shape index (κ3) is 2.62. The van der Waals surface area contributed by atoms with Crippen LogP contribution in [-0.4, -0.2) is 17.1 Å². The number of anilines is 1. The maximum Gasteiger partial charge on any atom is 0.319 e. The van der Waals surface area contributed by atoms with Crippen LogP contribution in [0.15, 0.2) is 23.1 Å². The number of carbonyl (C=O) groups excluding carboxylic acids is 1. The highest BCUT2D eigenvalue weighted by Crippen LogP contribution is 2.17. The molecule has 0 bridgehead atoms. The van der Waals surface area contributed by atoms with Gasteiger partial charge in [-0.2, -0.15) is 0 Å². The summed E-state index contributed by atoms with van der Waals surface area (Å²) >= 11 is 0. The van der Waals surface area contributed by atoms with Gasteiger partial charge in [0.25, 0.3) is 5.56 Å². The Hall–Kier alpha value is -1.78. The average molecular weight is 221 g/mol. The summed E-state index contributed by atoms with van der Waals surface area (Å²) < 4.78 is 0. The summed E-state index contributed by atoms with van der Waals surface area (Å²) in [5, 5.41) is 5.40. The average Bonchev–Trinajstić information content (AvgIpc) is 2.74. The van der Waals surface area contributed by atoms with E-state index in [-0.39, 0.29) is 23.3 Å². The van der Waals surface area contributed by atoms with Crippen LogP contribution in [0.4, 0.5) is 10.5 Å². The second kappa shape index (κ2) is 4.83. The first-order valence-electron chi connectivity index (χ1n) is 5.51. The predicted molar refractivity (Wildman–Crippen MR) is 61.5 cm³/mol. The van der Waals surface area contributed by atoms with Crippen molar-refractivity contribution in [2.45, 2.75) is 31.7 Å². The first-order valence-corrected chi connectivity index (χ1v) is 5.51. The van der Waals surface area contributed by atoms with E-state index in [1.807, 2.05) is 0 Å². The van der Waals surface area contributed by atoms with E-state index in [0.717, 1.165) is 25.7 Å². The van der Waals surface area contributed by atoms with Gasteiger partial charge in [-0.3, -0.25) is 4.79 Å². The van der Waals surface area contributed by atoms with Crippen LogP contribution >= 0.6 is 0 Å². The molecular formula is C11H15N3O2. The van der Waals surface area contributed by atoms with Gasteiger partial charge in [0.05, 0.1) is 0 Å². The monoisotopic (exact) mass is 221 g/mol. The molecule has 5 heteroatoms. The predicted octanol–water partition coefficient (Wildman–Crippen LogP) is 1.44. The fraction of sp³-hybridized carbons (Fsp3) is 0.455. The van der Waals surface area contributed by atoms with Crippen molar-refractivity contribution in [2.24, 2.45) is 0 Å². The van der Waals surface area contributed by atoms with Crippen molar-refractivity contribution >= 4 is 11.7 Å². The molecule has 0 saturated heterocycles. The molecule has 1 saturated carbocycles.